The maximum Gasteiger partial charge on any atom is 0.165 e. The molecule has 0 bridgehead atoms. The van der Waals surface area contributed by atoms with Crippen LogP contribution in [0.5, 0.6) is 5.75 Å². The fourth-order valence-corrected chi connectivity index (χ4v) is 2.18. The van der Waals surface area contributed by atoms with Gasteiger partial charge in [0.1, 0.15) is 12.7 Å². The van der Waals surface area contributed by atoms with E-state index in [1.165, 1.54) is 12.1 Å². The van der Waals surface area contributed by atoms with E-state index >= 15 is 0 Å². The van der Waals surface area contributed by atoms with Gasteiger partial charge in [-0.3, -0.25) is 0 Å². The van der Waals surface area contributed by atoms with Crippen LogP contribution in [0.1, 0.15) is 5.56 Å². The van der Waals surface area contributed by atoms with Crippen molar-refractivity contribution >= 4 is 21.6 Å². The van der Waals surface area contributed by atoms with E-state index in [2.05, 4.69) is 21.2 Å². The molecule has 5 heteroatoms. The van der Waals surface area contributed by atoms with Crippen molar-refractivity contribution in [2.45, 2.75) is 13.0 Å². The van der Waals surface area contributed by atoms with Gasteiger partial charge in [0.15, 0.2) is 11.6 Å². The predicted molar refractivity (Wildman–Crippen MR) is 85.3 cm³/mol. The Morgan fingerprint density at radius 1 is 1.29 bits per heavy atom. The largest absolute Gasteiger partial charge is 0.488 e. The number of rotatable bonds is 6. The summed E-state index contributed by atoms with van der Waals surface area (Å²) >= 11 is 3.40. The lowest BCUT2D eigenvalue weighted by Crippen LogP contribution is -2.26. The highest BCUT2D eigenvalue weighted by Crippen LogP contribution is 2.20. The summed E-state index contributed by atoms with van der Waals surface area (Å²) in [5.41, 5.74) is 2.02. The van der Waals surface area contributed by atoms with Crippen molar-refractivity contribution < 1.29 is 14.2 Å². The molecule has 1 atom stereocenters. The van der Waals surface area contributed by atoms with Crippen molar-refractivity contribution in [1.29, 1.82) is 0 Å². The van der Waals surface area contributed by atoms with Crippen molar-refractivity contribution in [3.05, 3.63) is 58.3 Å². The van der Waals surface area contributed by atoms with Gasteiger partial charge in [-0.1, -0.05) is 34.1 Å². The zero-order chi connectivity index (χ0) is 15.2. The summed E-state index contributed by atoms with van der Waals surface area (Å²) in [4.78, 5) is 0. The third-order valence-corrected chi connectivity index (χ3v) is 3.49. The first-order chi connectivity index (χ1) is 10.1. The maximum absolute atomic E-state index is 13.4. The van der Waals surface area contributed by atoms with E-state index < -0.39 is 11.9 Å². The van der Waals surface area contributed by atoms with Crippen LogP contribution in [0.3, 0.4) is 0 Å². The topological polar surface area (TPSA) is 41.5 Å². The average Bonchev–Trinajstić information content (AvgIpc) is 2.47. The van der Waals surface area contributed by atoms with E-state index in [0.717, 1.165) is 15.7 Å². The van der Waals surface area contributed by atoms with Gasteiger partial charge in [0.2, 0.25) is 0 Å². The first kappa shape index (κ1) is 15.8. The SMILES string of the molecule is Cc1ccc(Br)cc1NCC(O)COc1ccccc1F. The van der Waals surface area contributed by atoms with Gasteiger partial charge >= 0.3 is 0 Å². The third kappa shape index (κ3) is 4.72. The monoisotopic (exact) mass is 353 g/mol. The smallest absolute Gasteiger partial charge is 0.165 e. The second kappa shape index (κ2) is 7.43. The number of halogens is 2. The lowest BCUT2D eigenvalue weighted by Gasteiger charge is -2.15. The highest BCUT2D eigenvalue weighted by atomic mass is 79.9. The zero-order valence-electron chi connectivity index (χ0n) is 11.6. The molecule has 1 unspecified atom stereocenters. The second-order valence-corrected chi connectivity index (χ2v) is 5.65. The third-order valence-electron chi connectivity index (χ3n) is 3.00. The Labute approximate surface area is 131 Å². The molecule has 0 amide bonds. The van der Waals surface area contributed by atoms with Crippen LogP contribution in [-0.4, -0.2) is 24.4 Å². The summed E-state index contributed by atoms with van der Waals surface area (Å²) in [6, 6.07) is 12.0. The highest BCUT2D eigenvalue weighted by molar-refractivity contribution is 9.10. The zero-order valence-corrected chi connectivity index (χ0v) is 13.2. The molecule has 0 heterocycles. The van der Waals surface area contributed by atoms with Gasteiger partial charge in [-0.25, -0.2) is 4.39 Å². The second-order valence-electron chi connectivity index (χ2n) is 4.74. The molecule has 2 N–H and O–H groups in total. The Hall–Kier alpha value is -1.59. The van der Waals surface area contributed by atoms with Crippen LogP contribution in [0.25, 0.3) is 0 Å². The number of aliphatic hydroxyl groups excluding tert-OH is 1. The number of anilines is 1. The van der Waals surface area contributed by atoms with Crippen molar-refractivity contribution in [3.8, 4) is 5.75 Å². The van der Waals surface area contributed by atoms with Gasteiger partial charge in [-0.2, -0.15) is 0 Å². The molecule has 0 spiro atoms. The number of nitrogens with one attached hydrogen (secondary N) is 1. The first-order valence-electron chi connectivity index (χ1n) is 6.61. The lowest BCUT2D eigenvalue weighted by atomic mass is 10.2. The fourth-order valence-electron chi connectivity index (χ4n) is 1.82. The number of aliphatic hydroxyl groups is 1. The van der Waals surface area contributed by atoms with Crippen molar-refractivity contribution in [2.75, 3.05) is 18.5 Å². The van der Waals surface area contributed by atoms with Crippen LogP contribution in [0.4, 0.5) is 10.1 Å². The number of hydrogen-bond acceptors (Lipinski definition) is 3. The molecule has 0 aliphatic rings. The Morgan fingerprint density at radius 3 is 2.81 bits per heavy atom. The van der Waals surface area contributed by atoms with Gasteiger partial charge in [0, 0.05) is 16.7 Å². The summed E-state index contributed by atoms with van der Waals surface area (Å²) in [6.07, 6.45) is -0.733. The minimum absolute atomic E-state index is 0.0288. The number of ether oxygens (including phenoxy) is 1. The molecule has 0 aliphatic carbocycles. The number of aryl methyl sites for hydroxylation is 1. The molecule has 2 aromatic carbocycles. The Bertz CT molecular complexity index is 607. The maximum atomic E-state index is 13.4. The van der Waals surface area contributed by atoms with E-state index in [9.17, 15) is 9.50 Å². The fraction of sp³-hybridized carbons (Fsp3) is 0.250. The lowest BCUT2D eigenvalue weighted by molar-refractivity contribution is 0.115. The molecular formula is C16H17BrFNO2. The van der Waals surface area contributed by atoms with Crippen LogP contribution < -0.4 is 10.1 Å². The predicted octanol–water partition coefficient (Wildman–Crippen LogP) is 3.75. The summed E-state index contributed by atoms with van der Waals surface area (Å²) < 4.78 is 19.6. The van der Waals surface area contributed by atoms with E-state index in [0.29, 0.717) is 6.54 Å². The van der Waals surface area contributed by atoms with E-state index in [-0.39, 0.29) is 12.4 Å². The van der Waals surface area contributed by atoms with Gasteiger partial charge in [0.05, 0.1) is 0 Å². The normalized spacial score (nSPS) is 12.0. The molecular weight excluding hydrogens is 337 g/mol. The Kier molecular flexibility index (Phi) is 5.59. The van der Waals surface area contributed by atoms with Crippen molar-refractivity contribution in [3.63, 3.8) is 0 Å². The molecule has 2 rings (SSSR count). The molecule has 2 aromatic rings. The van der Waals surface area contributed by atoms with Crippen LogP contribution in [0.2, 0.25) is 0 Å². The summed E-state index contributed by atoms with van der Waals surface area (Å²) in [5, 5.41) is 13.1. The average molecular weight is 354 g/mol. The van der Waals surface area contributed by atoms with Gasteiger partial charge in [-0.05, 0) is 36.8 Å². The Balaban J connectivity index is 1.84. The standard InChI is InChI=1S/C16H17BrFNO2/c1-11-6-7-12(17)8-15(11)19-9-13(20)10-21-16-5-3-2-4-14(16)18/h2-8,13,19-20H,9-10H2,1H3. The summed E-state index contributed by atoms with van der Waals surface area (Å²) in [6.45, 7) is 2.34. The van der Waals surface area contributed by atoms with Gasteiger partial charge in [-0.15, -0.1) is 0 Å². The minimum atomic E-state index is -0.733. The number of para-hydroxylation sites is 1. The van der Waals surface area contributed by atoms with Crippen molar-refractivity contribution in [1.82, 2.24) is 0 Å². The molecule has 0 aromatic heterocycles. The van der Waals surface area contributed by atoms with Crippen LogP contribution >= 0.6 is 15.9 Å². The van der Waals surface area contributed by atoms with Crippen LogP contribution in [-0.2, 0) is 0 Å². The number of benzene rings is 2. The summed E-state index contributed by atoms with van der Waals surface area (Å²) in [5.74, 6) is -0.282. The molecule has 0 radical (unpaired) electrons. The first-order valence-corrected chi connectivity index (χ1v) is 7.41. The molecule has 0 aliphatic heterocycles. The quantitative estimate of drug-likeness (QED) is 0.830. The summed E-state index contributed by atoms with van der Waals surface area (Å²) in [7, 11) is 0. The molecule has 3 nitrogen and oxygen atoms in total. The molecule has 112 valence electrons. The minimum Gasteiger partial charge on any atom is -0.488 e. The molecule has 21 heavy (non-hydrogen) atoms. The van der Waals surface area contributed by atoms with Crippen molar-refractivity contribution in [2.24, 2.45) is 0 Å². The van der Waals surface area contributed by atoms with Gasteiger partial charge < -0.3 is 15.2 Å². The van der Waals surface area contributed by atoms with E-state index in [4.69, 9.17) is 4.74 Å². The highest BCUT2D eigenvalue weighted by Gasteiger charge is 2.08. The molecule has 0 saturated carbocycles. The van der Waals surface area contributed by atoms with Gasteiger partial charge in [0.25, 0.3) is 0 Å². The van der Waals surface area contributed by atoms with Crippen LogP contribution in [0, 0.1) is 12.7 Å². The molecule has 0 saturated heterocycles. The Morgan fingerprint density at radius 2 is 2.05 bits per heavy atom. The van der Waals surface area contributed by atoms with Crippen LogP contribution in [0.15, 0.2) is 46.9 Å². The van der Waals surface area contributed by atoms with E-state index in [1.54, 1.807) is 12.1 Å². The number of hydrogen-bond donors (Lipinski definition) is 2. The van der Waals surface area contributed by atoms with E-state index in [1.807, 2.05) is 25.1 Å². The molecule has 0 fully saturated rings.